The molecule has 0 unspecified atom stereocenters. The monoisotopic (exact) mass is 454 g/mol. The fourth-order valence-electron chi connectivity index (χ4n) is 4.19. The Hall–Kier alpha value is -2.99. The van der Waals surface area contributed by atoms with Gasteiger partial charge in [0, 0.05) is 11.5 Å². The number of hydrogen-bond acceptors (Lipinski definition) is 6. The lowest BCUT2D eigenvalue weighted by atomic mass is 9.84. The summed E-state index contributed by atoms with van der Waals surface area (Å²) in [4.78, 5) is 12.4. The Morgan fingerprint density at radius 1 is 1.06 bits per heavy atom. The first-order valence-corrected chi connectivity index (χ1v) is 11.2. The number of esters is 1. The minimum Gasteiger partial charge on any atom is -0.493 e. The largest absolute Gasteiger partial charge is 0.493 e. The molecule has 6 nitrogen and oxygen atoms in total. The second-order valence-corrected chi connectivity index (χ2v) is 8.40. The summed E-state index contributed by atoms with van der Waals surface area (Å²) in [7, 11) is 4.77. The van der Waals surface area contributed by atoms with Gasteiger partial charge in [-0.05, 0) is 56.4 Å². The highest BCUT2D eigenvalue weighted by molar-refractivity contribution is 5.87. The molecule has 1 aliphatic heterocycles. The van der Waals surface area contributed by atoms with E-state index < -0.39 is 0 Å². The molecule has 0 aromatic heterocycles. The third-order valence-electron chi connectivity index (χ3n) is 6.28. The maximum absolute atomic E-state index is 12.4. The second-order valence-electron chi connectivity index (χ2n) is 8.40. The van der Waals surface area contributed by atoms with E-state index in [1.54, 1.807) is 34.3 Å². The Bertz CT molecular complexity index is 954. The van der Waals surface area contributed by atoms with Crippen molar-refractivity contribution >= 4 is 5.97 Å². The van der Waals surface area contributed by atoms with Crippen molar-refractivity contribution in [3.05, 3.63) is 64.7 Å². The van der Waals surface area contributed by atoms with E-state index in [1.165, 1.54) is 11.1 Å². The van der Waals surface area contributed by atoms with Crippen molar-refractivity contribution in [3.63, 3.8) is 0 Å². The zero-order valence-corrected chi connectivity index (χ0v) is 20.3. The predicted molar refractivity (Wildman–Crippen MR) is 127 cm³/mol. The molecule has 1 saturated heterocycles. The van der Waals surface area contributed by atoms with E-state index in [0.717, 1.165) is 12.0 Å². The highest BCUT2D eigenvalue weighted by atomic mass is 16.5. The highest BCUT2D eigenvalue weighted by Gasteiger charge is 2.40. The smallest absolute Gasteiger partial charge is 0.333 e. The zero-order valence-electron chi connectivity index (χ0n) is 20.3. The minimum absolute atomic E-state index is 0.0253. The van der Waals surface area contributed by atoms with Crippen LogP contribution in [0, 0.1) is 18.8 Å². The zero-order chi connectivity index (χ0) is 24.0. The van der Waals surface area contributed by atoms with Crippen molar-refractivity contribution in [1.82, 2.24) is 0 Å². The molecule has 0 spiro atoms. The third-order valence-corrected chi connectivity index (χ3v) is 6.28. The van der Waals surface area contributed by atoms with Crippen LogP contribution in [-0.4, -0.2) is 40.5 Å². The van der Waals surface area contributed by atoms with Gasteiger partial charge in [0.15, 0.2) is 11.5 Å². The van der Waals surface area contributed by atoms with Gasteiger partial charge in [-0.3, -0.25) is 0 Å². The molecule has 0 N–H and O–H groups in total. The lowest BCUT2D eigenvalue weighted by Gasteiger charge is -2.24. The van der Waals surface area contributed by atoms with Crippen molar-refractivity contribution in [2.45, 2.75) is 33.3 Å². The van der Waals surface area contributed by atoms with Crippen LogP contribution in [0.3, 0.4) is 0 Å². The molecule has 0 bridgehead atoms. The molecule has 2 aromatic rings. The van der Waals surface area contributed by atoms with Crippen LogP contribution in [0.2, 0.25) is 0 Å². The Balaban J connectivity index is 1.91. The molecule has 3 rings (SSSR count). The van der Waals surface area contributed by atoms with E-state index in [9.17, 15) is 4.79 Å². The maximum Gasteiger partial charge on any atom is 0.333 e. The molecule has 6 heteroatoms. The van der Waals surface area contributed by atoms with Crippen molar-refractivity contribution in [1.29, 1.82) is 0 Å². The summed E-state index contributed by atoms with van der Waals surface area (Å²) in [5.41, 5.74) is 3.96. The minimum atomic E-state index is -0.304. The van der Waals surface area contributed by atoms with E-state index in [2.05, 4.69) is 31.2 Å². The molecular formula is C27H34O6. The highest BCUT2D eigenvalue weighted by Crippen LogP contribution is 2.46. The number of hydrogen-bond donors (Lipinski definition) is 0. The van der Waals surface area contributed by atoms with Gasteiger partial charge in [0.2, 0.25) is 5.75 Å². The number of benzene rings is 2. The molecule has 0 saturated carbocycles. The maximum atomic E-state index is 12.4. The molecule has 1 heterocycles. The molecule has 2 aromatic carbocycles. The van der Waals surface area contributed by atoms with Crippen LogP contribution >= 0.6 is 0 Å². The van der Waals surface area contributed by atoms with E-state index in [4.69, 9.17) is 23.7 Å². The molecule has 0 aliphatic carbocycles. The molecule has 1 aliphatic rings. The van der Waals surface area contributed by atoms with Gasteiger partial charge >= 0.3 is 5.97 Å². The van der Waals surface area contributed by atoms with Gasteiger partial charge in [-0.25, -0.2) is 4.79 Å². The Morgan fingerprint density at radius 2 is 1.70 bits per heavy atom. The first-order valence-electron chi connectivity index (χ1n) is 11.2. The number of rotatable bonds is 9. The normalized spacial score (nSPS) is 20.4. The fraction of sp³-hybridized carbons (Fsp3) is 0.444. The van der Waals surface area contributed by atoms with Crippen molar-refractivity contribution in [2.24, 2.45) is 11.8 Å². The lowest BCUT2D eigenvalue weighted by molar-refractivity contribution is -0.141. The summed E-state index contributed by atoms with van der Waals surface area (Å²) in [6, 6.07) is 12.3. The molecule has 0 radical (unpaired) electrons. The number of carbonyl (C=O) groups excluding carboxylic acids is 1. The molecule has 33 heavy (non-hydrogen) atoms. The molecule has 178 valence electrons. The number of methoxy groups -OCH3 is 3. The standard InChI is InChI=1S/C27H34O6/c1-7-18(3)27(28)33-16-22-21(12-19-10-8-17(2)9-11-19)15-32-25(22)20-13-23(29-4)26(31-6)24(14-20)30-5/h7-11,13-14,21-22,25H,12,15-16H2,1-6H3/b18-7-/t21-,22-,25+/m0/s1. The van der Waals surface area contributed by atoms with Gasteiger partial charge in [0.1, 0.15) is 0 Å². The fourth-order valence-corrected chi connectivity index (χ4v) is 4.19. The Labute approximate surface area is 196 Å². The van der Waals surface area contributed by atoms with Crippen LogP contribution in [0.1, 0.15) is 36.6 Å². The van der Waals surface area contributed by atoms with E-state index in [-0.39, 0.29) is 30.5 Å². The van der Waals surface area contributed by atoms with Gasteiger partial charge in [-0.1, -0.05) is 35.9 Å². The summed E-state index contributed by atoms with van der Waals surface area (Å²) in [5.74, 6) is 1.53. The summed E-state index contributed by atoms with van der Waals surface area (Å²) in [6.45, 7) is 6.50. The van der Waals surface area contributed by atoms with Crippen molar-refractivity contribution < 1.29 is 28.5 Å². The molecular weight excluding hydrogens is 420 g/mol. The van der Waals surface area contributed by atoms with Crippen molar-refractivity contribution in [2.75, 3.05) is 34.5 Å². The average Bonchev–Trinajstić information content (AvgIpc) is 3.24. The third kappa shape index (κ3) is 5.69. The first-order chi connectivity index (χ1) is 15.9. The van der Waals surface area contributed by atoms with Crippen LogP contribution in [0.4, 0.5) is 0 Å². The second kappa shape index (κ2) is 11.2. The number of aryl methyl sites for hydroxylation is 1. The molecule has 1 fully saturated rings. The van der Waals surface area contributed by atoms with Crippen LogP contribution in [0.15, 0.2) is 48.0 Å². The van der Waals surface area contributed by atoms with Gasteiger partial charge in [0.05, 0.1) is 40.6 Å². The number of allylic oxidation sites excluding steroid dienone is 1. The van der Waals surface area contributed by atoms with E-state index >= 15 is 0 Å². The van der Waals surface area contributed by atoms with Crippen LogP contribution in [-0.2, 0) is 20.7 Å². The summed E-state index contributed by atoms with van der Waals surface area (Å²) >= 11 is 0. The summed E-state index contributed by atoms with van der Waals surface area (Å²) in [5, 5.41) is 0. The van der Waals surface area contributed by atoms with Crippen LogP contribution < -0.4 is 14.2 Å². The van der Waals surface area contributed by atoms with Gasteiger partial charge in [-0.15, -0.1) is 0 Å². The van der Waals surface area contributed by atoms with E-state index in [0.29, 0.717) is 29.4 Å². The molecule has 0 amide bonds. The summed E-state index contributed by atoms with van der Waals surface area (Å²) in [6.07, 6.45) is 2.33. The lowest BCUT2D eigenvalue weighted by Crippen LogP contribution is -2.24. The Kier molecular flexibility index (Phi) is 8.39. The van der Waals surface area contributed by atoms with E-state index in [1.807, 2.05) is 19.1 Å². The topological polar surface area (TPSA) is 63.2 Å². The Morgan fingerprint density at radius 3 is 2.24 bits per heavy atom. The van der Waals surface area contributed by atoms with Crippen LogP contribution in [0.25, 0.3) is 0 Å². The van der Waals surface area contributed by atoms with Crippen LogP contribution in [0.5, 0.6) is 17.2 Å². The number of carbonyl (C=O) groups is 1. The van der Waals surface area contributed by atoms with Gasteiger partial charge in [0.25, 0.3) is 0 Å². The van der Waals surface area contributed by atoms with Crippen molar-refractivity contribution in [3.8, 4) is 17.2 Å². The van der Waals surface area contributed by atoms with Gasteiger partial charge in [-0.2, -0.15) is 0 Å². The van der Waals surface area contributed by atoms with Gasteiger partial charge < -0.3 is 23.7 Å². The summed E-state index contributed by atoms with van der Waals surface area (Å²) < 4.78 is 28.5. The average molecular weight is 455 g/mol. The quantitative estimate of drug-likeness (QED) is 0.389. The number of ether oxygens (including phenoxy) is 5. The SMILES string of the molecule is C/C=C(/C)C(=O)OC[C@H]1[C@@H](Cc2ccc(C)cc2)CO[C@@H]1c1cc(OC)c(OC)c(OC)c1. The predicted octanol–water partition coefficient (Wildman–Crippen LogP) is 5.08. The first kappa shape index (κ1) is 24.6. The molecule has 3 atom stereocenters.